The molecule has 104 valence electrons. The van der Waals surface area contributed by atoms with Crippen molar-refractivity contribution in [2.45, 2.75) is 13.0 Å². The molecule has 0 unspecified atom stereocenters. The van der Waals surface area contributed by atoms with Gasteiger partial charge in [-0.1, -0.05) is 34.1 Å². The summed E-state index contributed by atoms with van der Waals surface area (Å²) >= 11 is 3.17. The van der Waals surface area contributed by atoms with E-state index in [1.54, 1.807) is 13.0 Å². The Morgan fingerprint density at radius 3 is 2.55 bits per heavy atom. The number of carbonyl (C=O) groups excluding carboxylic acids is 1. The van der Waals surface area contributed by atoms with Gasteiger partial charge in [0, 0.05) is 10.2 Å². The number of anilines is 2. The molecule has 2 aromatic rings. The predicted octanol–water partition coefficient (Wildman–Crippen LogP) is 4.03. The average Bonchev–Trinajstić information content (AvgIpc) is 2.43. The van der Waals surface area contributed by atoms with Crippen molar-refractivity contribution in [1.29, 1.82) is 0 Å². The molecule has 1 amide bonds. The number of benzene rings is 2. The fraction of sp³-hybridized carbons (Fsp3) is 0.133. The lowest BCUT2D eigenvalue weighted by molar-refractivity contribution is -0.116. The Morgan fingerprint density at radius 2 is 1.90 bits per heavy atom. The van der Waals surface area contributed by atoms with Crippen molar-refractivity contribution in [2.75, 3.05) is 10.6 Å². The Balaban J connectivity index is 2.01. The molecule has 0 saturated heterocycles. The van der Waals surface area contributed by atoms with Crippen molar-refractivity contribution in [3.63, 3.8) is 0 Å². The molecule has 5 heteroatoms. The van der Waals surface area contributed by atoms with E-state index in [4.69, 9.17) is 0 Å². The van der Waals surface area contributed by atoms with Crippen LogP contribution in [-0.4, -0.2) is 11.9 Å². The van der Waals surface area contributed by atoms with E-state index in [-0.39, 0.29) is 11.6 Å². The summed E-state index contributed by atoms with van der Waals surface area (Å²) in [7, 11) is 0. The Kier molecular flexibility index (Phi) is 4.74. The lowest BCUT2D eigenvalue weighted by Crippen LogP contribution is -2.32. The molecular formula is C15H14BrFN2O. The zero-order valence-corrected chi connectivity index (χ0v) is 12.4. The molecule has 0 aliphatic rings. The third-order valence-electron chi connectivity index (χ3n) is 2.74. The lowest BCUT2D eigenvalue weighted by atomic mass is 10.2. The van der Waals surface area contributed by atoms with Crippen molar-refractivity contribution >= 4 is 33.2 Å². The van der Waals surface area contributed by atoms with Crippen LogP contribution in [0.5, 0.6) is 0 Å². The van der Waals surface area contributed by atoms with Crippen LogP contribution in [0.2, 0.25) is 0 Å². The van der Waals surface area contributed by atoms with Crippen molar-refractivity contribution in [2.24, 2.45) is 0 Å². The molecule has 20 heavy (non-hydrogen) atoms. The first-order chi connectivity index (χ1) is 9.56. The molecule has 0 spiro atoms. The maximum absolute atomic E-state index is 13.6. The van der Waals surface area contributed by atoms with Gasteiger partial charge in [0.15, 0.2) is 0 Å². The van der Waals surface area contributed by atoms with Crippen LogP contribution in [-0.2, 0) is 4.79 Å². The summed E-state index contributed by atoms with van der Waals surface area (Å²) in [5.41, 5.74) is 1.01. The van der Waals surface area contributed by atoms with Crippen LogP contribution in [0.3, 0.4) is 0 Å². The van der Waals surface area contributed by atoms with Crippen LogP contribution in [0.1, 0.15) is 6.92 Å². The van der Waals surface area contributed by atoms with Crippen molar-refractivity contribution < 1.29 is 9.18 Å². The monoisotopic (exact) mass is 336 g/mol. The van der Waals surface area contributed by atoms with E-state index >= 15 is 0 Å². The van der Waals surface area contributed by atoms with Gasteiger partial charge in [-0.25, -0.2) is 4.39 Å². The highest BCUT2D eigenvalue weighted by molar-refractivity contribution is 9.10. The predicted molar refractivity (Wildman–Crippen MR) is 82.3 cm³/mol. The highest BCUT2D eigenvalue weighted by Crippen LogP contribution is 2.19. The second-order valence-corrected chi connectivity index (χ2v) is 5.26. The van der Waals surface area contributed by atoms with E-state index in [2.05, 4.69) is 26.6 Å². The maximum atomic E-state index is 13.6. The number of carbonyl (C=O) groups is 1. The van der Waals surface area contributed by atoms with Crippen LogP contribution in [0.4, 0.5) is 15.8 Å². The third-order valence-corrected chi connectivity index (χ3v) is 3.23. The number of nitrogens with one attached hydrogen (secondary N) is 2. The summed E-state index contributed by atoms with van der Waals surface area (Å²) < 4.78 is 14.3. The Bertz CT molecular complexity index is 604. The number of rotatable bonds is 4. The summed E-state index contributed by atoms with van der Waals surface area (Å²) in [5, 5.41) is 5.61. The van der Waals surface area contributed by atoms with Crippen LogP contribution in [0.15, 0.2) is 53.0 Å². The number of hydrogen-bond acceptors (Lipinski definition) is 2. The zero-order valence-electron chi connectivity index (χ0n) is 10.9. The normalized spacial score (nSPS) is 11.8. The Hall–Kier alpha value is -1.88. The first-order valence-electron chi connectivity index (χ1n) is 6.14. The molecule has 2 N–H and O–H groups in total. The van der Waals surface area contributed by atoms with Crippen molar-refractivity contribution in [3.05, 3.63) is 58.8 Å². The average molecular weight is 337 g/mol. The number of halogens is 2. The molecular weight excluding hydrogens is 323 g/mol. The molecule has 0 aliphatic carbocycles. The summed E-state index contributed by atoms with van der Waals surface area (Å²) in [5.74, 6) is -0.769. The van der Waals surface area contributed by atoms with Crippen LogP contribution < -0.4 is 10.6 Å². The third kappa shape index (κ3) is 3.81. The molecule has 0 heterocycles. The van der Waals surface area contributed by atoms with Crippen molar-refractivity contribution in [1.82, 2.24) is 0 Å². The molecule has 3 nitrogen and oxygen atoms in total. The van der Waals surface area contributed by atoms with Gasteiger partial charge in [0.25, 0.3) is 0 Å². The molecule has 0 radical (unpaired) electrons. The fourth-order valence-electron chi connectivity index (χ4n) is 1.68. The van der Waals surface area contributed by atoms with Gasteiger partial charge in [-0.2, -0.15) is 0 Å². The topological polar surface area (TPSA) is 41.1 Å². The van der Waals surface area contributed by atoms with Crippen molar-refractivity contribution in [3.8, 4) is 0 Å². The van der Waals surface area contributed by atoms with Crippen LogP contribution in [0, 0.1) is 5.82 Å². The van der Waals surface area contributed by atoms with E-state index < -0.39 is 11.9 Å². The molecule has 0 bridgehead atoms. The molecule has 0 fully saturated rings. The summed E-state index contributed by atoms with van der Waals surface area (Å²) in [4.78, 5) is 12.0. The largest absolute Gasteiger partial charge is 0.374 e. The molecule has 2 aromatic carbocycles. The second kappa shape index (κ2) is 6.52. The fourth-order valence-corrected chi connectivity index (χ4v) is 2.01. The number of hydrogen-bond donors (Lipinski definition) is 2. The maximum Gasteiger partial charge on any atom is 0.246 e. The van der Waals surface area contributed by atoms with Gasteiger partial charge in [0.1, 0.15) is 11.9 Å². The minimum absolute atomic E-state index is 0.167. The zero-order chi connectivity index (χ0) is 14.5. The van der Waals surface area contributed by atoms with Gasteiger partial charge in [-0.15, -0.1) is 0 Å². The molecule has 0 aromatic heterocycles. The van der Waals surface area contributed by atoms with Gasteiger partial charge >= 0.3 is 0 Å². The summed E-state index contributed by atoms with van der Waals surface area (Å²) in [6.45, 7) is 1.72. The molecule has 0 aliphatic heterocycles. The Labute approximate surface area is 125 Å². The molecule has 2 rings (SSSR count). The SMILES string of the molecule is C[C@@H](Nc1ccccc1)C(=O)Nc1ccc(Br)cc1F. The van der Waals surface area contributed by atoms with Gasteiger partial charge < -0.3 is 10.6 Å². The highest BCUT2D eigenvalue weighted by atomic mass is 79.9. The van der Waals surface area contributed by atoms with E-state index in [1.165, 1.54) is 12.1 Å². The van der Waals surface area contributed by atoms with E-state index in [0.717, 1.165) is 5.69 Å². The smallest absolute Gasteiger partial charge is 0.246 e. The minimum atomic E-state index is -0.473. The van der Waals surface area contributed by atoms with E-state index in [1.807, 2.05) is 30.3 Å². The standard InChI is InChI=1S/C15H14BrFN2O/c1-10(18-12-5-3-2-4-6-12)15(20)19-14-8-7-11(16)9-13(14)17/h2-10,18H,1H3,(H,19,20)/t10-/m1/s1. The quantitative estimate of drug-likeness (QED) is 0.885. The van der Waals surface area contributed by atoms with Crippen LogP contribution in [0.25, 0.3) is 0 Å². The van der Waals surface area contributed by atoms with Gasteiger partial charge in [-0.05, 0) is 37.3 Å². The minimum Gasteiger partial charge on any atom is -0.374 e. The van der Waals surface area contributed by atoms with Gasteiger partial charge in [0.05, 0.1) is 5.69 Å². The van der Waals surface area contributed by atoms with Gasteiger partial charge in [0.2, 0.25) is 5.91 Å². The number of amides is 1. The summed E-state index contributed by atoms with van der Waals surface area (Å²) in [6, 6.07) is 13.4. The molecule has 0 saturated carbocycles. The van der Waals surface area contributed by atoms with Gasteiger partial charge in [-0.3, -0.25) is 4.79 Å². The Morgan fingerprint density at radius 1 is 1.20 bits per heavy atom. The highest BCUT2D eigenvalue weighted by Gasteiger charge is 2.14. The first-order valence-corrected chi connectivity index (χ1v) is 6.93. The lowest BCUT2D eigenvalue weighted by Gasteiger charge is -2.15. The van der Waals surface area contributed by atoms with E-state index in [9.17, 15) is 9.18 Å². The summed E-state index contributed by atoms with van der Waals surface area (Å²) in [6.07, 6.45) is 0. The van der Waals surface area contributed by atoms with E-state index in [0.29, 0.717) is 4.47 Å². The first kappa shape index (κ1) is 14.5. The second-order valence-electron chi connectivity index (χ2n) is 4.35. The van der Waals surface area contributed by atoms with Crippen LogP contribution >= 0.6 is 15.9 Å². The molecule has 1 atom stereocenters. The number of para-hydroxylation sites is 1.